The molecule has 0 atom stereocenters. The first-order chi connectivity index (χ1) is 29.7. The van der Waals surface area contributed by atoms with Crippen molar-refractivity contribution in [2.75, 3.05) is 4.90 Å². The van der Waals surface area contributed by atoms with E-state index in [9.17, 15) is 0 Å². The summed E-state index contributed by atoms with van der Waals surface area (Å²) in [5.41, 5.74) is 13.9. The van der Waals surface area contributed by atoms with Gasteiger partial charge in [0, 0.05) is 49.7 Å². The van der Waals surface area contributed by atoms with E-state index in [1.54, 1.807) is 0 Å². The van der Waals surface area contributed by atoms with E-state index < -0.39 is 5.41 Å². The van der Waals surface area contributed by atoms with Crippen molar-refractivity contribution < 1.29 is 9.15 Å². The van der Waals surface area contributed by atoms with Crippen LogP contribution in [0.1, 0.15) is 22.3 Å². The van der Waals surface area contributed by atoms with Crippen molar-refractivity contribution in [2.45, 2.75) is 5.41 Å². The second kappa shape index (κ2) is 12.6. The summed E-state index contributed by atoms with van der Waals surface area (Å²) in [7, 11) is 0. The number of hydrogen-bond acceptors (Lipinski definition) is 3. The molecule has 0 N–H and O–H groups in total. The lowest BCUT2D eigenvalue weighted by atomic mass is 9.65. The molecule has 3 heteroatoms. The highest BCUT2D eigenvalue weighted by molar-refractivity contribution is 6.07. The molecule has 1 aromatic heterocycles. The van der Waals surface area contributed by atoms with Crippen LogP contribution in [-0.2, 0) is 5.41 Å². The minimum atomic E-state index is -0.665. The summed E-state index contributed by atoms with van der Waals surface area (Å²) in [5, 5.41) is 6.71. The molecule has 1 aliphatic carbocycles. The Labute approximate surface area is 347 Å². The lowest BCUT2D eigenvalue weighted by Gasteiger charge is -2.40. The second-order valence-electron chi connectivity index (χ2n) is 16.0. The van der Waals surface area contributed by atoms with E-state index in [4.69, 9.17) is 9.15 Å². The lowest BCUT2D eigenvalue weighted by molar-refractivity contribution is 0.447. The predicted molar refractivity (Wildman–Crippen MR) is 246 cm³/mol. The fourth-order valence-electron chi connectivity index (χ4n) is 10.3. The van der Waals surface area contributed by atoms with Crippen LogP contribution in [-0.4, -0.2) is 0 Å². The number of furan rings is 1. The molecule has 0 saturated heterocycles. The topological polar surface area (TPSA) is 25.6 Å². The Hall–Kier alpha value is -7.88. The molecular formula is C57H35NO2. The van der Waals surface area contributed by atoms with E-state index in [0.717, 1.165) is 88.7 Å². The SMILES string of the molecule is c1ccc(-c2cccc(N(c3ccc4c(c3)C3(c5ccccc5-4)c4ccc5ccccc5c4Oc4c3ccc3ccccc43)c3ccc4oc5ccccc5c4c3)c2)cc1. The minimum Gasteiger partial charge on any atom is -0.456 e. The number of para-hydroxylation sites is 1. The molecule has 3 nitrogen and oxygen atoms in total. The van der Waals surface area contributed by atoms with Crippen molar-refractivity contribution in [1.29, 1.82) is 0 Å². The van der Waals surface area contributed by atoms with Crippen molar-refractivity contribution in [3.63, 3.8) is 0 Å². The molecule has 2 heterocycles. The summed E-state index contributed by atoms with van der Waals surface area (Å²) in [4.78, 5) is 2.41. The first-order valence-corrected chi connectivity index (χ1v) is 20.6. The van der Waals surface area contributed by atoms with Gasteiger partial charge < -0.3 is 14.1 Å². The Kier molecular flexibility index (Phi) is 6.93. The molecule has 1 spiro atoms. The summed E-state index contributed by atoms with van der Waals surface area (Å²) in [6.45, 7) is 0. The van der Waals surface area contributed by atoms with Crippen molar-refractivity contribution in [3.05, 3.63) is 235 Å². The number of benzene rings is 10. The molecule has 2 aliphatic rings. The van der Waals surface area contributed by atoms with Gasteiger partial charge >= 0.3 is 0 Å². The van der Waals surface area contributed by atoms with E-state index >= 15 is 0 Å². The van der Waals surface area contributed by atoms with E-state index in [1.165, 1.54) is 27.8 Å². The second-order valence-corrected chi connectivity index (χ2v) is 16.0. The van der Waals surface area contributed by atoms with Gasteiger partial charge in [-0.1, -0.05) is 164 Å². The van der Waals surface area contributed by atoms with Gasteiger partial charge in [-0.05, 0) is 92.7 Å². The first kappa shape index (κ1) is 33.1. The fourth-order valence-corrected chi connectivity index (χ4v) is 10.3. The van der Waals surface area contributed by atoms with Gasteiger partial charge in [-0.15, -0.1) is 0 Å². The summed E-state index contributed by atoms with van der Waals surface area (Å²) in [6.07, 6.45) is 0. The van der Waals surface area contributed by atoms with Crippen LogP contribution >= 0.6 is 0 Å². The molecule has 10 aromatic carbocycles. The molecular weight excluding hydrogens is 731 g/mol. The maximum Gasteiger partial charge on any atom is 0.140 e. The van der Waals surface area contributed by atoms with Crippen molar-refractivity contribution >= 4 is 60.5 Å². The maximum atomic E-state index is 7.24. The fraction of sp³-hybridized carbons (Fsp3) is 0.0175. The molecule has 280 valence electrons. The molecule has 1 aliphatic heterocycles. The molecule has 11 aromatic rings. The Morgan fingerprint density at radius 1 is 0.333 bits per heavy atom. The highest BCUT2D eigenvalue weighted by Gasteiger charge is 2.52. The maximum absolute atomic E-state index is 7.24. The molecule has 0 amide bonds. The van der Waals surface area contributed by atoms with Gasteiger partial charge in [-0.2, -0.15) is 0 Å². The summed E-state index contributed by atoms with van der Waals surface area (Å²) in [6, 6.07) is 76.9. The molecule has 13 rings (SSSR count). The quantitative estimate of drug-likeness (QED) is 0.178. The normalized spacial score (nSPS) is 13.3. The summed E-state index contributed by atoms with van der Waals surface area (Å²) < 4.78 is 13.6. The van der Waals surface area contributed by atoms with E-state index in [1.807, 2.05) is 12.1 Å². The third-order valence-electron chi connectivity index (χ3n) is 12.9. The van der Waals surface area contributed by atoms with Crippen LogP contribution in [0.15, 0.2) is 217 Å². The Morgan fingerprint density at radius 2 is 0.917 bits per heavy atom. The van der Waals surface area contributed by atoms with Gasteiger partial charge in [0.2, 0.25) is 0 Å². The molecule has 0 radical (unpaired) electrons. The summed E-state index contributed by atoms with van der Waals surface area (Å²) >= 11 is 0. The smallest absolute Gasteiger partial charge is 0.140 e. The van der Waals surface area contributed by atoms with E-state index in [0.29, 0.717) is 0 Å². The first-order valence-electron chi connectivity index (χ1n) is 20.6. The van der Waals surface area contributed by atoms with Crippen molar-refractivity contribution in [3.8, 4) is 33.8 Å². The molecule has 60 heavy (non-hydrogen) atoms. The molecule has 0 saturated carbocycles. The Morgan fingerprint density at radius 3 is 1.70 bits per heavy atom. The largest absolute Gasteiger partial charge is 0.456 e. The van der Waals surface area contributed by atoms with Crippen LogP contribution in [0.2, 0.25) is 0 Å². The summed E-state index contributed by atoms with van der Waals surface area (Å²) in [5.74, 6) is 1.82. The number of nitrogens with zero attached hydrogens (tertiary/aromatic N) is 1. The van der Waals surface area contributed by atoms with Crippen LogP contribution in [0.3, 0.4) is 0 Å². The highest BCUT2D eigenvalue weighted by atomic mass is 16.5. The van der Waals surface area contributed by atoms with Gasteiger partial charge in [0.05, 0.1) is 5.41 Å². The third-order valence-corrected chi connectivity index (χ3v) is 12.9. The van der Waals surface area contributed by atoms with Crippen LogP contribution in [0.5, 0.6) is 11.5 Å². The molecule has 0 unspecified atom stereocenters. The zero-order valence-corrected chi connectivity index (χ0v) is 32.5. The number of anilines is 3. The number of hydrogen-bond donors (Lipinski definition) is 0. The highest BCUT2D eigenvalue weighted by Crippen LogP contribution is 2.64. The Bertz CT molecular complexity index is 3460. The van der Waals surface area contributed by atoms with Crippen LogP contribution < -0.4 is 9.64 Å². The molecule has 0 fully saturated rings. The van der Waals surface area contributed by atoms with E-state index in [2.05, 4.69) is 205 Å². The average Bonchev–Trinajstić information content (AvgIpc) is 3.83. The average molecular weight is 766 g/mol. The number of rotatable bonds is 4. The zero-order chi connectivity index (χ0) is 39.4. The monoisotopic (exact) mass is 765 g/mol. The standard InChI is InChI=1S/C57H35NO2/c1-2-13-36(14-3-1)39-17-12-18-40(33-39)58(41-28-32-54-48(34-41)47-22-9-11-24-53(47)59-54)42-27-29-46-45-21-8-10-23-49(45)57(52(46)35-42)50-30-25-37-15-4-6-19-43(37)55(50)60-56-44-20-7-5-16-38(44)26-31-51(56)57/h1-35H. The van der Waals surface area contributed by atoms with Crippen LogP contribution in [0.25, 0.3) is 65.7 Å². The van der Waals surface area contributed by atoms with Crippen molar-refractivity contribution in [2.24, 2.45) is 0 Å². The zero-order valence-electron chi connectivity index (χ0n) is 32.5. The predicted octanol–water partition coefficient (Wildman–Crippen LogP) is 15.5. The van der Waals surface area contributed by atoms with Crippen molar-refractivity contribution in [1.82, 2.24) is 0 Å². The van der Waals surface area contributed by atoms with Crippen LogP contribution in [0, 0.1) is 0 Å². The van der Waals surface area contributed by atoms with Gasteiger partial charge in [0.15, 0.2) is 0 Å². The van der Waals surface area contributed by atoms with Gasteiger partial charge in [-0.25, -0.2) is 0 Å². The van der Waals surface area contributed by atoms with Crippen LogP contribution in [0.4, 0.5) is 17.1 Å². The molecule has 0 bridgehead atoms. The minimum absolute atomic E-state index is 0.665. The Balaban J connectivity index is 1.12. The van der Waals surface area contributed by atoms with Gasteiger partial charge in [0.25, 0.3) is 0 Å². The van der Waals surface area contributed by atoms with Gasteiger partial charge in [0.1, 0.15) is 22.7 Å². The number of fused-ring (bicyclic) bond motifs is 16. The lowest BCUT2D eigenvalue weighted by Crippen LogP contribution is -2.32. The number of ether oxygens (including phenoxy) is 1. The van der Waals surface area contributed by atoms with E-state index in [-0.39, 0.29) is 0 Å². The van der Waals surface area contributed by atoms with Gasteiger partial charge in [-0.3, -0.25) is 0 Å². The third kappa shape index (κ3) is 4.60.